The number of thiazole rings is 1. The molecule has 0 saturated heterocycles. The maximum atomic E-state index is 8.95. The number of aliphatic hydroxyl groups is 1. The molecule has 1 heterocycles. The topological polar surface area (TPSA) is 45.1 Å². The molecule has 2 unspecified atom stereocenters. The van der Waals surface area contributed by atoms with Gasteiger partial charge in [-0.05, 0) is 19.6 Å². The summed E-state index contributed by atoms with van der Waals surface area (Å²) in [7, 11) is 0. The van der Waals surface area contributed by atoms with Gasteiger partial charge in [-0.2, -0.15) is 11.8 Å². The first-order valence-corrected chi connectivity index (χ1v) is 7.29. The summed E-state index contributed by atoms with van der Waals surface area (Å²) in [5.74, 6) is 1.03. The molecule has 1 aromatic heterocycles. The smallest absolute Gasteiger partial charge is 0.0794 e. The van der Waals surface area contributed by atoms with E-state index in [1.54, 1.807) is 23.1 Å². The molecule has 0 saturated carbocycles. The Morgan fingerprint density at radius 1 is 1.67 bits per heavy atom. The van der Waals surface area contributed by atoms with Crippen LogP contribution in [-0.4, -0.2) is 34.7 Å². The van der Waals surface area contributed by atoms with Crippen LogP contribution < -0.4 is 5.32 Å². The molecular formula is C10H18N2OS2. The number of nitrogens with zero attached hydrogens (tertiary/aromatic N) is 1. The molecule has 3 nitrogen and oxygen atoms in total. The standard InChI is InChI=1S/C10H18N2OS2/c1-8(10-5-11-7-15-10)12-9(3-4-13)6-14-2/h5,7-9,12-13H,3-4,6H2,1-2H3. The largest absolute Gasteiger partial charge is 0.396 e. The third-order valence-electron chi connectivity index (χ3n) is 2.21. The zero-order chi connectivity index (χ0) is 11.1. The van der Waals surface area contributed by atoms with Crippen LogP contribution in [0.25, 0.3) is 0 Å². The summed E-state index contributed by atoms with van der Waals surface area (Å²) >= 11 is 3.47. The third kappa shape index (κ3) is 4.51. The normalized spacial score (nSPS) is 15.1. The minimum Gasteiger partial charge on any atom is -0.396 e. The van der Waals surface area contributed by atoms with E-state index in [0.717, 1.165) is 12.2 Å². The molecule has 2 N–H and O–H groups in total. The van der Waals surface area contributed by atoms with Crippen molar-refractivity contribution in [2.24, 2.45) is 0 Å². The summed E-state index contributed by atoms with van der Waals surface area (Å²) < 4.78 is 0. The molecule has 0 aliphatic carbocycles. The van der Waals surface area contributed by atoms with Crippen LogP contribution in [-0.2, 0) is 0 Å². The Morgan fingerprint density at radius 3 is 3.00 bits per heavy atom. The van der Waals surface area contributed by atoms with Crippen molar-refractivity contribution >= 4 is 23.1 Å². The highest BCUT2D eigenvalue weighted by atomic mass is 32.2. The molecule has 0 fully saturated rings. The first-order chi connectivity index (χ1) is 7.27. The van der Waals surface area contributed by atoms with Crippen LogP contribution in [0.2, 0.25) is 0 Å². The highest BCUT2D eigenvalue weighted by Crippen LogP contribution is 2.18. The molecule has 0 radical (unpaired) electrons. The van der Waals surface area contributed by atoms with Crippen molar-refractivity contribution in [1.82, 2.24) is 10.3 Å². The fraction of sp³-hybridized carbons (Fsp3) is 0.700. The zero-order valence-corrected chi connectivity index (χ0v) is 10.8. The Kier molecular flexibility index (Phi) is 6.24. The number of rotatable bonds is 7. The van der Waals surface area contributed by atoms with Crippen molar-refractivity contribution in [1.29, 1.82) is 0 Å². The first-order valence-electron chi connectivity index (χ1n) is 5.02. The first kappa shape index (κ1) is 13.0. The van der Waals surface area contributed by atoms with Crippen molar-refractivity contribution < 1.29 is 5.11 Å². The van der Waals surface area contributed by atoms with Gasteiger partial charge in [-0.15, -0.1) is 11.3 Å². The Morgan fingerprint density at radius 2 is 2.47 bits per heavy atom. The monoisotopic (exact) mass is 246 g/mol. The van der Waals surface area contributed by atoms with E-state index in [2.05, 4.69) is 23.5 Å². The Bertz CT molecular complexity index is 248. The van der Waals surface area contributed by atoms with E-state index in [9.17, 15) is 0 Å². The average molecular weight is 246 g/mol. The lowest BCUT2D eigenvalue weighted by atomic mass is 10.2. The summed E-state index contributed by atoms with van der Waals surface area (Å²) in [6, 6.07) is 0.697. The van der Waals surface area contributed by atoms with Crippen LogP contribution in [0.4, 0.5) is 0 Å². The van der Waals surface area contributed by atoms with E-state index < -0.39 is 0 Å². The van der Waals surface area contributed by atoms with Gasteiger partial charge in [-0.1, -0.05) is 0 Å². The van der Waals surface area contributed by atoms with Gasteiger partial charge in [0.2, 0.25) is 0 Å². The number of aliphatic hydroxyl groups excluding tert-OH is 1. The van der Waals surface area contributed by atoms with Crippen molar-refractivity contribution in [2.45, 2.75) is 25.4 Å². The maximum Gasteiger partial charge on any atom is 0.0794 e. The number of hydrogen-bond donors (Lipinski definition) is 2. The van der Waals surface area contributed by atoms with Crippen LogP contribution in [0.5, 0.6) is 0 Å². The molecule has 1 aromatic rings. The van der Waals surface area contributed by atoms with Crippen LogP contribution >= 0.6 is 23.1 Å². The van der Waals surface area contributed by atoms with Crippen LogP contribution in [0.3, 0.4) is 0 Å². The van der Waals surface area contributed by atoms with Crippen molar-refractivity contribution in [3.05, 3.63) is 16.6 Å². The average Bonchev–Trinajstić information content (AvgIpc) is 2.71. The van der Waals surface area contributed by atoms with Crippen molar-refractivity contribution in [2.75, 3.05) is 18.6 Å². The van der Waals surface area contributed by atoms with E-state index in [4.69, 9.17) is 5.11 Å². The van der Waals surface area contributed by atoms with Crippen LogP contribution in [0.15, 0.2) is 11.7 Å². The molecule has 0 aliphatic heterocycles. The molecule has 0 bridgehead atoms. The molecule has 0 spiro atoms. The third-order valence-corrected chi connectivity index (χ3v) is 3.90. The van der Waals surface area contributed by atoms with E-state index in [1.807, 2.05) is 11.7 Å². The lowest BCUT2D eigenvalue weighted by molar-refractivity contribution is 0.266. The molecule has 86 valence electrons. The number of hydrogen-bond acceptors (Lipinski definition) is 5. The highest BCUT2D eigenvalue weighted by molar-refractivity contribution is 7.98. The minimum atomic E-state index is 0.244. The van der Waals surface area contributed by atoms with Crippen LogP contribution in [0.1, 0.15) is 24.3 Å². The van der Waals surface area contributed by atoms with E-state index in [1.165, 1.54) is 4.88 Å². The second-order valence-corrected chi connectivity index (χ2v) is 5.29. The molecule has 15 heavy (non-hydrogen) atoms. The fourth-order valence-corrected chi connectivity index (χ4v) is 2.75. The van der Waals surface area contributed by atoms with Gasteiger partial charge in [0.1, 0.15) is 0 Å². The molecule has 2 atom stereocenters. The van der Waals surface area contributed by atoms with Gasteiger partial charge in [0.15, 0.2) is 0 Å². The number of nitrogens with one attached hydrogen (secondary N) is 1. The second-order valence-electron chi connectivity index (χ2n) is 3.46. The minimum absolute atomic E-state index is 0.244. The van der Waals surface area contributed by atoms with Gasteiger partial charge in [0, 0.05) is 35.5 Å². The lowest BCUT2D eigenvalue weighted by Gasteiger charge is -2.21. The van der Waals surface area contributed by atoms with Gasteiger partial charge >= 0.3 is 0 Å². The SMILES string of the molecule is CSCC(CCO)NC(C)c1cncs1. The maximum absolute atomic E-state index is 8.95. The zero-order valence-electron chi connectivity index (χ0n) is 9.14. The Hall–Kier alpha value is -0.100. The van der Waals surface area contributed by atoms with Crippen LogP contribution in [0, 0.1) is 0 Å². The van der Waals surface area contributed by atoms with Crippen molar-refractivity contribution in [3.63, 3.8) is 0 Å². The van der Waals surface area contributed by atoms with E-state index >= 15 is 0 Å². The Balaban J connectivity index is 2.43. The molecule has 0 amide bonds. The summed E-state index contributed by atoms with van der Waals surface area (Å²) in [4.78, 5) is 5.32. The van der Waals surface area contributed by atoms with Gasteiger partial charge in [-0.25, -0.2) is 0 Å². The molecule has 0 aromatic carbocycles. The van der Waals surface area contributed by atoms with Crippen molar-refractivity contribution in [3.8, 4) is 0 Å². The predicted molar refractivity (Wildman–Crippen MR) is 67.5 cm³/mol. The Labute approximate surface area is 99.3 Å². The highest BCUT2D eigenvalue weighted by Gasteiger charge is 2.13. The predicted octanol–water partition coefficient (Wildman–Crippen LogP) is 1.91. The molecule has 5 heteroatoms. The molecule has 1 rings (SSSR count). The fourth-order valence-electron chi connectivity index (χ4n) is 1.45. The number of aromatic nitrogens is 1. The summed E-state index contributed by atoms with van der Waals surface area (Å²) in [5, 5.41) is 12.5. The quantitative estimate of drug-likeness (QED) is 0.771. The summed E-state index contributed by atoms with van der Waals surface area (Å²) in [6.45, 7) is 2.38. The van der Waals surface area contributed by atoms with Gasteiger partial charge in [0.05, 0.1) is 5.51 Å². The molecular weight excluding hydrogens is 228 g/mol. The van der Waals surface area contributed by atoms with Gasteiger partial charge < -0.3 is 10.4 Å². The number of thioether (sulfide) groups is 1. The van der Waals surface area contributed by atoms with Gasteiger partial charge in [-0.3, -0.25) is 4.98 Å². The summed E-state index contributed by atoms with van der Waals surface area (Å²) in [6.07, 6.45) is 4.80. The molecule has 0 aliphatic rings. The lowest BCUT2D eigenvalue weighted by Crippen LogP contribution is -2.34. The van der Waals surface area contributed by atoms with E-state index in [0.29, 0.717) is 12.1 Å². The van der Waals surface area contributed by atoms with Gasteiger partial charge in [0.25, 0.3) is 0 Å². The summed E-state index contributed by atoms with van der Waals surface area (Å²) in [5.41, 5.74) is 1.85. The second kappa shape index (κ2) is 7.22. The van der Waals surface area contributed by atoms with E-state index in [-0.39, 0.29) is 6.61 Å².